The summed E-state index contributed by atoms with van der Waals surface area (Å²) >= 11 is 0. The number of anilines is 1. The van der Waals surface area contributed by atoms with Crippen molar-refractivity contribution < 1.29 is 31.5 Å². The van der Waals surface area contributed by atoms with Crippen molar-refractivity contribution in [2.75, 3.05) is 5.43 Å². The van der Waals surface area contributed by atoms with E-state index < -0.39 is 40.7 Å². The first-order chi connectivity index (χ1) is 10.7. The van der Waals surface area contributed by atoms with E-state index in [0.717, 1.165) is 6.07 Å². The van der Waals surface area contributed by atoms with E-state index in [1.54, 1.807) is 10.9 Å². The number of carbonyl (C=O) groups excluding carboxylic acids is 2. The number of hydrazine groups is 1. The molecule has 0 bridgehead atoms. The molecule has 0 radical (unpaired) electrons. The SMILES string of the molecule is CC(=O)c1c[nH]c(C(=O)NNc2c(F)c(F)c(F)c(F)c2F)c1. The molecule has 0 spiro atoms. The summed E-state index contributed by atoms with van der Waals surface area (Å²) in [4.78, 5) is 25.2. The average Bonchev–Trinajstić information content (AvgIpc) is 3.01. The Morgan fingerprint density at radius 2 is 1.48 bits per heavy atom. The van der Waals surface area contributed by atoms with Gasteiger partial charge in [-0.05, 0) is 13.0 Å². The summed E-state index contributed by atoms with van der Waals surface area (Å²) in [6.07, 6.45) is 1.22. The predicted octanol–water partition coefficient (Wildman–Crippen LogP) is 2.67. The number of carbonyl (C=O) groups is 2. The van der Waals surface area contributed by atoms with E-state index in [9.17, 15) is 31.5 Å². The largest absolute Gasteiger partial charge is 0.356 e. The quantitative estimate of drug-likeness (QED) is 0.265. The van der Waals surface area contributed by atoms with Crippen LogP contribution in [0.1, 0.15) is 27.8 Å². The molecule has 0 fully saturated rings. The van der Waals surface area contributed by atoms with Gasteiger partial charge in [0, 0.05) is 11.8 Å². The van der Waals surface area contributed by atoms with Gasteiger partial charge in [-0.1, -0.05) is 0 Å². The highest BCUT2D eigenvalue weighted by atomic mass is 19.2. The van der Waals surface area contributed by atoms with Crippen LogP contribution in [0.25, 0.3) is 0 Å². The number of ketones is 1. The molecule has 122 valence electrons. The number of aromatic amines is 1. The molecule has 1 aromatic carbocycles. The van der Waals surface area contributed by atoms with E-state index in [1.807, 2.05) is 0 Å². The molecule has 23 heavy (non-hydrogen) atoms. The fourth-order valence-corrected chi connectivity index (χ4v) is 1.63. The Hall–Kier alpha value is -2.91. The number of hydrogen-bond acceptors (Lipinski definition) is 3. The Morgan fingerprint density at radius 3 is 1.96 bits per heavy atom. The van der Waals surface area contributed by atoms with Gasteiger partial charge in [0.25, 0.3) is 5.91 Å². The van der Waals surface area contributed by atoms with Gasteiger partial charge in [-0.25, -0.2) is 22.0 Å². The number of Topliss-reactive ketones (excluding diaryl/α,β-unsaturated/α-hetero) is 1. The van der Waals surface area contributed by atoms with Crippen LogP contribution in [0.3, 0.4) is 0 Å². The molecule has 2 rings (SSSR count). The summed E-state index contributed by atoms with van der Waals surface area (Å²) in [6.45, 7) is 1.25. The van der Waals surface area contributed by atoms with Crippen molar-refractivity contribution in [1.82, 2.24) is 10.4 Å². The Bertz CT molecular complexity index is 774. The van der Waals surface area contributed by atoms with Crippen LogP contribution in [-0.2, 0) is 0 Å². The van der Waals surface area contributed by atoms with E-state index in [4.69, 9.17) is 0 Å². The third-order valence-corrected chi connectivity index (χ3v) is 2.84. The molecule has 1 aromatic heterocycles. The molecule has 0 aliphatic heterocycles. The zero-order valence-corrected chi connectivity index (χ0v) is 11.4. The van der Waals surface area contributed by atoms with Gasteiger partial charge in [0.2, 0.25) is 5.82 Å². The lowest BCUT2D eigenvalue weighted by molar-refractivity contribution is 0.0957. The van der Waals surface area contributed by atoms with Crippen LogP contribution >= 0.6 is 0 Å². The van der Waals surface area contributed by atoms with E-state index >= 15 is 0 Å². The number of H-pyrrole nitrogens is 1. The fourth-order valence-electron chi connectivity index (χ4n) is 1.63. The van der Waals surface area contributed by atoms with Gasteiger partial charge in [-0.15, -0.1) is 0 Å². The minimum absolute atomic E-state index is 0.161. The van der Waals surface area contributed by atoms with Gasteiger partial charge in [-0.2, -0.15) is 0 Å². The van der Waals surface area contributed by atoms with Crippen molar-refractivity contribution in [1.29, 1.82) is 0 Å². The lowest BCUT2D eigenvalue weighted by atomic mass is 10.2. The first-order valence-electron chi connectivity index (χ1n) is 6.01. The molecule has 5 nitrogen and oxygen atoms in total. The zero-order chi connectivity index (χ0) is 17.3. The van der Waals surface area contributed by atoms with Crippen LogP contribution in [0.4, 0.5) is 27.6 Å². The Labute approximate surface area is 125 Å². The minimum atomic E-state index is -2.31. The van der Waals surface area contributed by atoms with Gasteiger partial charge in [-0.3, -0.25) is 20.4 Å². The molecule has 10 heteroatoms. The summed E-state index contributed by atoms with van der Waals surface area (Å²) in [5.74, 6) is -12.2. The summed E-state index contributed by atoms with van der Waals surface area (Å²) < 4.78 is 65.6. The van der Waals surface area contributed by atoms with Crippen LogP contribution < -0.4 is 10.9 Å². The molecule has 0 unspecified atom stereocenters. The lowest BCUT2D eigenvalue weighted by Crippen LogP contribution is -2.31. The van der Waals surface area contributed by atoms with Crippen LogP contribution in [-0.4, -0.2) is 16.7 Å². The minimum Gasteiger partial charge on any atom is -0.356 e. The summed E-state index contributed by atoms with van der Waals surface area (Å²) in [5, 5.41) is 0. The van der Waals surface area contributed by atoms with Crippen LogP contribution in [0.5, 0.6) is 0 Å². The van der Waals surface area contributed by atoms with E-state index in [2.05, 4.69) is 4.98 Å². The number of nitrogens with one attached hydrogen (secondary N) is 3. The normalized spacial score (nSPS) is 10.5. The highest BCUT2D eigenvalue weighted by Crippen LogP contribution is 2.26. The standard InChI is InChI=1S/C13H8F5N3O2/c1-4(22)5-2-6(19-3-5)13(23)21-20-12-10(17)8(15)7(14)9(16)11(12)18/h2-3,19-20H,1H3,(H,21,23). The van der Waals surface area contributed by atoms with Crippen molar-refractivity contribution >= 4 is 17.4 Å². The third-order valence-electron chi connectivity index (χ3n) is 2.84. The topological polar surface area (TPSA) is 74.0 Å². The van der Waals surface area contributed by atoms with Gasteiger partial charge < -0.3 is 4.98 Å². The molecular weight excluding hydrogens is 325 g/mol. The number of amides is 1. The molecule has 0 saturated heterocycles. The molecule has 0 aliphatic carbocycles. The van der Waals surface area contributed by atoms with Crippen molar-refractivity contribution in [3.05, 3.63) is 52.6 Å². The van der Waals surface area contributed by atoms with Crippen LogP contribution in [0.15, 0.2) is 12.3 Å². The number of benzene rings is 1. The maximum absolute atomic E-state index is 13.4. The molecule has 0 saturated carbocycles. The Balaban J connectivity index is 2.20. The summed E-state index contributed by atoms with van der Waals surface area (Å²) in [5.41, 5.74) is 1.98. The van der Waals surface area contributed by atoms with Gasteiger partial charge >= 0.3 is 0 Å². The monoisotopic (exact) mass is 333 g/mol. The third kappa shape index (κ3) is 3.00. The predicted molar refractivity (Wildman–Crippen MR) is 68.1 cm³/mol. The van der Waals surface area contributed by atoms with Gasteiger partial charge in [0.05, 0.1) is 0 Å². The van der Waals surface area contributed by atoms with Crippen molar-refractivity contribution in [3.8, 4) is 0 Å². The number of halogens is 5. The zero-order valence-electron chi connectivity index (χ0n) is 11.4. The lowest BCUT2D eigenvalue weighted by Gasteiger charge is -2.11. The highest BCUT2D eigenvalue weighted by molar-refractivity contribution is 5.99. The Kier molecular flexibility index (Phi) is 4.34. The van der Waals surface area contributed by atoms with Crippen LogP contribution in [0.2, 0.25) is 0 Å². The number of aromatic nitrogens is 1. The molecule has 2 aromatic rings. The van der Waals surface area contributed by atoms with E-state index in [1.165, 1.54) is 13.1 Å². The summed E-state index contributed by atoms with van der Waals surface area (Å²) in [7, 11) is 0. The van der Waals surface area contributed by atoms with Crippen molar-refractivity contribution in [2.24, 2.45) is 0 Å². The van der Waals surface area contributed by atoms with Crippen molar-refractivity contribution in [3.63, 3.8) is 0 Å². The molecule has 0 aliphatic rings. The molecular formula is C13H8F5N3O2. The highest BCUT2D eigenvalue weighted by Gasteiger charge is 2.26. The molecule has 1 heterocycles. The maximum Gasteiger partial charge on any atom is 0.286 e. The second kappa shape index (κ2) is 6.07. The molecule has 0 atom stereocenters. The van der Waals surface area contributed by atoms with Gasteiger partial charge in [0.1, 0.15) is 11.4 Å². The fraction of sp³-hybridized carbons (Fsp3) is 0.0769. The van der Waals surface area contributed by atoms with Gasteiger partial charge in [0.15, 0.2) is 29.1 Å². The van der Waals surface area contributed by atoms with Crippen LogP contribution in [0, 0.1) is 29.1 Å². The van der Waals surface area contributed by atoms with E-state index in [-0.39, 0.29) is 17.0 Å². The number of hydrogen-bond donors (Lipinski definition) is 3. The Morgan fingerprint density at radius 1 is 0.957 bits per heavy atom. The molecule has 3 N–H and O–H groups in total. The first kappa shape index (κ1) is 16.5. The smallest absolute Gasteiger partial charge is 0.286 e. The van der Waals surface area contributed by atoms with E-state index in [0.29, 0.717) is 0 Å². The second-order valence-corrected chi connectivity index (χ2v) is 4.38. The van der Waals surface area contributed by atoms with Crippen molar-refractivity contribution in [2.45, 2.75) is 6.92 Å². The first-order valence-corrected chi connectivity index (χ1v) is 6.01. The number of rotatable bonds is 4. The second-order valence-electron chi connectivity index (χ2n) is 4.38. The summed E-state index contributed by atoms with van der Waals surface area (Å²) in [6, 6.07) is 1.15. The maximum atomic E-state index is 13.4. The average molecular weight is 333 g/mol. The molecule has 1 amide bonds.